The first kappa shape index (κ1) is 15.6. The molecule has 0 radical (unpaired) electrons. The van der Waals surface area contributed by atoms with E-state index in [2.05, 4.69) is 39.0 Å². The number of guanidine groups is 1. The van der Waals surface area contributed by atoms with Gasteiger partial charge in [-0.2, -0.15) is 11.8 Å². The Morgan fingerprint density at radius 2 is 2.10 bits per heavy atom. The van der Waals surface area contributed by atoms with Gasteiger partial charge >= 0.3 is 0 Å². The molecule has 2 aromatic rings. The van der Waals surface area contributed by atoms with Gasteiger partial charge in [0.05, 0.1) is 5.52 Å². The summed E-state index contributed by atoms with van der Waals surface area (Å²) in [6.45, 7) is 1.68. The first-order chi connectivity index (χ1) is 10.3. The molecule has 0 spiro atoms. The van der Waals surface area contributed by atoms with E-state index in [1.54, 1.807) is 7.05 Å². The molecule has 1 aromatic carbocycles. The third kappa shape index (κ3) is 4.63. The van der Waals surface area contributed by atoms with Crippen LogP contribution in [0.3, 0.4) is 0 Å². The molecule has 1 heterocycles. The van der Waals surface area contributed by atoms with E-state index in [1.165, 1.54) is 16.7 Å². The predicted octanol–water partition coefficient (Wildman–Crippen LogP) is 2.65. The van der Waals surface area contributed by atoms with E-state index in [0.717, 1.165) is 31.0 Å². The zero-order valence-corrected chi connectivity index (χ0v) is 13.4. The number of rotatable bonds is 6. The van der Waals surface area contributed by atoms with Gasteiger partial charge in [0.1, 0.15) is 0 Å². The number of hydrogen-bond acceptors (Lipinski definition) is 3. The largest absolute Gasteiger partial charge is 0.356 e. The third-order valence-corrected chi connectivity index (χ3v) is 3.92. The smallest absolute Gasteiger partial charge is 0.191 e. The number of hydrogen-bond donors (Lipinski definition) is 2. The summed E-state index contributed by atoms with van der Waals surface area (Å²) in [4.78, 5) is 8.64. The molecule has 5 heteroatoms. The maximum absolute atomic E-state index is 4.38. The van der Waals surface area contributed by atoms with Gasteiger partial charge in [-0.25, -0.2) is 0 Å². The van der Waals surface area contributed by atoms with Gasteiger partial charge in [0.15, 0.2) is 5.96 Å². The van der Waals surface area contributed by atoms with Crippen LogP contribution in [0.15, 0.2) is 41.5 Å². The van der Waals surface area contributed by atoms with Crippen molar-refractivity contribution in [3.05, 3.63) is 42.1 Å². The van der Waals surface area contributed by atoms with Crippen molar-refractivity contribution in [2.45, 2.75) is 13.0 Å². The Labute approximate surface area is 130 Å². The van der Waals surface area contributed by atoms with Gasteiger partial charge in [0.2, 0.25) is 0 Å². The predicted molar refractivity (Wildman–Crippen MR) is 92.9 cm³/mol. The number of aromatic nitrogens is 1. The molecule has 2 N–H and O–H groups in total. The molecule has 1 aromatic heterocycles. The number of nitrogens with zero attached hydrogens (tertiary/aromatic N) is 2. The van der Waals surface area contributed by atoms with Crippen LogP contribution >= 0.6 is 11.8 Å². The van der Waals surface area contributed by atoms with E-state index in [4.69, 9.17) is 0 Å². The summed E-state index contributed by atoms with van der Waals surface area (Å²) in [5.74, 6) is 2.01. The van der Waals surface area contributed by atoms with E-state index >= 15 is 0 Å². The standard InChI is InChI=1S/C16H22N4S/c1-17-16(19-9-5-11-21-2)20-12-13-8-10-18-15-7-4-3-6-14(13)15/h3-4,6-8,10H,5,9,11-12H2,1-2H3,(H2,17,19,20). The van der Waals surface area contributed by atoms with Gasteiger partial charge in [-0.05, 0) is 36.1 Å². The van der Waals surface area contributed by atoms with Crippen molar-refractivity contribution in [3.63, 3.8) is 0 Å². The zero-order valence-electron chi connectivity index (χ0n) is 12.6. The molecule has 0 unspecified atom stereocenters. The molecule has 0 saturated heterocycles. The number of thioether (sulfide) groups is 1. The van der Waals surface area contributed by atoms with Crippen LogP contribution in [-0.2, 0) is 6.54 Å². The number of aliphatic imine (C=N–C) groups is 1. The topological polar surface area (TPSA) is 49.3 Å². The number of benzene rings is 1. The third-order valence-electron chi connectivity index (χ3n) is 3.23. The first-order valence-electron chi connectivity index (χ1n) is 7.11. The molecule has 2 rings (SSSR count). The van der Waals surface area contributed by atoms with Crippen molar-refractivity contribution in [2.75, 3.05) is 25.6 Å². The van der Waals surface area contributed by atoms with Gasteiger partial charge < -0.3 is 10.6 Å². The molecule has 0 aliphatic heterocycles. The molecular weight excluding hydrogens is 280 g/mol. The fourth-order valence-corrected chi connectivity index (χ4v) is 2.57. The molecular formula is C16H22N4S. The quantitative estimate of drug-likeness (QED) is 0.489. The molecule has 0 fully saturated rings. The van der Waals surface area contributed by atoms with Crippen molar-refractivity contribution in [1.29, 1.82) is 0 Å². The summed E-state index contributed by atoms with van der Waals surface area (Å²) in [6.07, 6.45) is 5.12. The summed E-state index contributed by atoms with van der Waals surface area (Å²) in [5, 5.41) is 7.88. The summed E-state index contributed by atoms with van der Waals surface area (Å²) < 4.78 is 0. The average Bonchev–Trinajstić information content (AvgIpc) is 2.54. The lowest BCUT2D eigenvalue weighted by Crippen LogP contribution is -2.37. The second-order valence-electron chi connectivity index (χ2n) is 4.69. The molecule has 0 aliphatic carbocycles. The molecule has 0 atom stereocenters. The number of fused-ring (bicyclic) bond motifs is 1. The van der Waals surface area contributed by atoms with Gasteiger partial charge in [-0.3, -0.25) is 9.98 Å². The highest BCUT2D eigenvalue weighted by Gasteiger charge is 2.02. The Hall–Kier alpha value is -1.75. The highest BCUT2D eigenvalue weighted by atomic mass is 32.2. The van der Waals surface area contributed by atoms with Crippen LogP contribution in [0.25, 0.3) is 10.9 Å². The maximum atomic E-state index is 4.38. The van der Waals surface area contributed by atoms with Crippen molar-refractivity contribution < 1.29 is 0 Å². The van der Waals surface area contributed by atoms with Gasteiger partial charge in [-0.1, -0.05) is 18.2 Å². The van der Waals surface area contributed by atoms with E-state index < -0.39 is 0 Å². The minimum absolute atomic E-state index is 0.741. The number of para-hydroxylation sites is 1. The summed E-state index contributed by atoms with van der Waals surface area (Å²) in [6, 6.07) is 10.3. The van der Waals surface area contributed by atoms with Gasteiger partial charge in [0, 0.05) is 31.7 Å². The normalized spacial score (nSPS) is 11.6. The Kier molecular flexibility index (Phi) is 6.34. The van der Waals surface area contributed by atoms with Crippen LogP contribution in [0.4, 0.5) is 0 Å². The van der Waals surface area contributed by atoms with Gasteiger partial charge in [0.25, 0.3) is 0 Å². The van der Waals surface area contributed by atoms with E-state index in [0.29, 0.717) is 0 Å². The lowest BCUT2D eigenvalue weighted by atomic mass is 10.1. The molecule has 0 amide bonds. The zero-order chi connectivity index (χ0) is 14.9. The Balaban J connectivity index is 1.94. The molecule has 21 heavy (non-hydrogen) atoms. The van der Waals surface area contributed by atoms with Crippen LogP contribution < -0.4 is 10.6 Å². The maximum Gasteiger partial charge on any atom is 0.191 e. The SMILES string of the molecule is CN=C(NCCCSC)NCc1ccnc2ccccc12. The van der Waals surface area contributed by atoms with Crippen LogP contribution in [-0.4, -0.2) is 36.5 Å². The lowest BCUT2D eigenvalue weighted by Gasteiger charge is -2.12. The van der Waals surface area contributed by atoms with Crippen LogP contribution in [0.1, 0.15) is 12.0 Å². The van der Waals surface area contributed by atoms with Crippen molar-refractivity contribution >= 4 is 28.6 Å². The van der Waals surface area contributed by atoms with Crippen molar-refractivity contribution in [3.8, 4) is 0 Å². The number of nitrogens with one attached hydrogen (secondary N) is 2. The molecule has 0 saturated carbocycles. The molecule has 4 nitrogen and oxygen atoms in total. The summed E-state index contributed by atoms with van der Waals surface area (Å²) in [5.41, 5.74) is 2.26. The van der Waals surface area contributed by atoms with E-state index in [1.807, 2.05) is 36.2 Å². The summed E-state index contributed by atoms with van der Waals surface area (Å²) in [7, 11) is 1.80. The fourth-order valence-electron chi connectivity index (χ4n) is 2.13. The minimum atomic E-state index is 0.741. The fraction of sp³-hybridized carbons (Fsp3) is 0.375. The van der Waals surface area contributed by atoms with E-state index in [-0.39, 0.29) is 0 Å². The highest BCUT2D eigenvalue weighted by molar-refractivity contribution is 7.98. The highest BCUT2D eigenvalue weighted by Crippen LogP contribution is 2.15. The molecule has 112 valence electrons. The number of pyridine rings is 1. The molecule has 0 bridgehead atoms. The second-order valence-corrected chi connectivity index (χ2v) is 5.67. The van der Waals surface area contributed by atoms with Crippen LogP contribution in [0, 0.1) is 0 Å². The van der Waals surface area contributed by atoms with Crippen molar-refractivity contribution in [2.24, 2.45) is 4.99 Å². The first-order valence-corrected chi connectivity index (χ1v) is 8.50. The second kappa shape index (κ2) is 8.52. The minimum Gasteiger partial charge on any atom is -0.356 e. The van der Waals surface area contributed by atoms with Gasteiger partial charge in [-0.15, -0.1) is 0 Å². The van der Waals surface area contributed by atoms with Crippen LogP contribution in [0.2, 0.25) is 0 Å². The Morgan fingerprint density at radius 3 is 2.90 bits per heavy atom. The average molecular weight is 302 g/mol. The van der Waals surface area contributed by atoms with Crippen molar-refractivity contribution in [1.82, 2.24) is 15.6 Å². The lowest BCUT2D eigenvalue weighted by molar-refractivity contribution is 0.787. The Bertz CT molecular complexity index is 592. The Morgan fingerprint density at radius 1 is 1.24 bits per heavy atom. The van der Waals surface area contributed by atoms with E-state index in [9.17, 15) is 0 Å². The monoisotopic (exact) mass is 302 g/mol. The molecule has 0 aliphatic rings. The summed E-state index contributed by atoms with van der Waals surface area (Å²) >= 11 is 1.87. The van der Waals surface area contributed by atoms with Crippen LogP contribution in [0.5, 0.6) is 0 Å².